The molecule has 1 amide bonds. The highest BCUT2D eigenvalue weighted by molar-refractivity contribution is 7.09. The van der Waals surface area contributed by atoms with Crippen molar-refractivity contribution in [3.8, 4) is 5.75 Å². The van der Waals surface area contributed by atoms with E-state index >= 15 is 0 Å². The molecule has 3 heterocycles. The molecule has 2 aliphatic rings. The van der Waals surface area contributed by atoms with Crippen molar-refractivity contribution < 1.29 is 13.9 Å². The first kappa shape index (κ1) is 17.7. The van der Waals surface area contributed by atoms with Gasteiger partial charge in [-0.1, -0.05) is 0 Å². The van der Waals surface area contributed by atoms with E-state index in [0.29, 0.717) is 5.92 Å². The number of piperidine rings is 1. The number of hydrogen-bond acceptors (Lipinski definition) is 5. The highest BCUT2D eigenvalue weighted by Crippen LogP contribution is 2.34. The number of hydrogen-bond donors (Lipinski definition) is 0. The van der Waals surface area contributed by atoms with Crippen LogP contribution in [-0.4, -0.2) is 35.5 Å². The number of aryl methyl sites for hydroxylation is 2. The summed E-state index contributed by atoms with van der Waals surface area (Å²) in [6.45, 7) is 1.62. The molecule has 0 bridgehead atoms. The predicted molar refractivity (Wildman–Crippen MR) is 109 cm³/mol. The Morgan fingerprint density at radius 1 is 1.29 bits per heavy atom. The lowest BCUT2D eigenvalue weighted by Gasteiger charge is -2.31. The highest BCUT2D eigenvalue weighted by Gasteiger charge is 2.26. The van der Waals surface area contributed by atoms with Crippen molar-refractivity contribution in [3.63, 3.8) is 0 Å². The second kappa shape index (κ2) is 7.59. The van der Waals surface area contributed by atoms with E-state index in [1.165, 1.54) is 18.4 Å². The molecule has 0 spiro atoms. The monoisotopic (exact) mass is 396 g/mol. The third kappa shape index (κ3) is 3.41. The molecule has 1 aromatic carbocycles. The zero-order valence-electron chi connectivity index (χ0n) is 15.9. The van der Waals surface area contributed by atoms with E-state index in [2.05, 4.69) is 4.98 Å². The first-order valence-corrected chi connectivity index (χ1v) is 11.0. The van der Waals surface area contributed by atoms with Crippen LogP contribution in [-0.2, 0) is 17.6 Å². The summed E-state index contributed by atoms with van der Waals surface area (Å²) in [4.78, 5) is 19.0. The summed E-state index contributed by atoms with van der Waals surface area (Å²) in [6.07, 6.45) is 8.45. The number of amides is 1. The van der Waals surface area contributed by atoms with Gasteiger partial charge >= 0.3 is 0 Å². The molecule has 146 valence electrons. The number of likely N-dealkylation sites (tertiary alicyclic amines) is 1. The molecule has 0 saturated carbocycles. The fourth-order valence-corrected chi connectivity index (χ4v) is 5.18. The first-order valence-electron chi connectivity index (χ1n) is 10.1. The molecule has 1 saturated heterocycles. The maximum absolute atomic E-state index is 12.7. The normalized spacial score (nSPS) is 19.6. The second-order valence-electron chi connectivity index (χ2n) is 7.71. The Bertz CT molecular complexity index is 979. The molecule has 1 fully saturated rings. The third-order valence-corrected chi connectivity index (χ3v) is 6.80. The second-order valence-corrected chi connectivity index (χ2v) is 8.63. The van der Waals surface area contributed by atoms with Crippen LogP contribution in [0.2, 0.25) is 0 Å². The van der Waals surface area contributed by atoms with Gasteiger partial charge in [-0.3, -0.25) is 4.79 Å². The molecule has 6 heteroatoms. The van der Waals surface area contributed by atoms with Crippen molar-refractivity contribution in [1.29, 1.82) is 0 Å². The molecule has 2 aromatic heterocycles. The summed E-state index contributed by atoms with van der Waals surface area (Å²) in [5.74, 6) is 2.27. The molecule has 0 radical (unpaired) electrons. The minimum Gasteiger partial charge on any atom is -0.484 e. The van der Waals surface area contributed by atoms with Gasteiger partial charge in [-0.05, 0) is 50.3 Å². The number of aromatic nitrogens is 1. The quantitative estimate of drug-likeness (QED) is 0.649. The fraction of sp³-hybridized carbons (Fsp3) is 0.455. The van der Waals surface area contributed by atoms with E-state index in [1.54, 1.807) is 11.3 Å². The summed E-state index contributed by atoms with van der Waals surface area (Å²) in [7, 11) is 0. The number of fused-ring (bicyclic) bond motifs is 3. The van der Waals surface area contributed by atoms with Crippen molar-refractivity contribution in [2.75, 3.05) is 19.7 Å². The maximum Gasteiger partial charge on any atom is 0.260 e. The first-order chi connectivity index (χ1) is 13.8. The molecule has 3 aromatic rings. The van der Waals surface area contributed by atoms with Gasteiger partial charge < -0.3 is 14.1 Å². The van der Waals surface area contributed by atoms with Gasteiger partial charge in [0, 0.05) is 48.0 Å². The Morgan fingerprint density at radius 3 is 3.11 bits per heavy atom. The molecule has 5 nitrogen and oxygen atoms in total. The van der Waals surface area contributed by atoms with E-state index in [9.17, 15) is 4.79 Å². The number of furan rings is 1. The molecule has 0 N–H and O–H groups in total. The van der Waals surface area contributed by atoms with Gasteiger partial charge in [-0.15, -0.1) is 11.3 Å². The zero-order valence-corrected chi connectivity index (χ0v) is 16.7. The largest absolute Gasteiger partial charge is 0.484 e. The average Bonchev–Trinajstić information content (AvgIpc) is 3.40. The minimum atomic E-state index is 0.0515. The van der Waals surface area contributed by atoms with E-state index < -0.39 is 0 Å². The lowest BCUT2D eigenvalue weighted by molar-refractivity contribution is -0.134. The Hall–Kier alpha value is -2.34. The number of nitrogens with zero attached hydrogens (tertiary/aromatic N) is 2. The van der Waals surface area contributed by atoms with Gasteiger partial charge in [-0.2, -0.15) is 0 Å². The molecule has 28 heavy (non-hydrogen) atoms. The molecule has 1 atom stereocenters. The highest BCUT2D eigenvalue weighted by atomic mass is 32.1. The van der Waals surface area contributed by atoms with Crippen LogP contribution >= 0.6 is 11.3 Å². The summed E-state index contributed by atoms with van der Waals surface area (Å²) < 4.78 is 11.8. The van der Waals surface area contributed by atoms with Crippen LogP contribution in [0.4, 0.5) is 0 Å². The van der Waals surface area contributed by atoms with Crippen LogP contribution in [0.15, 0.2) is 34.2 Å². The van der Waals surface area contributed by atoms with Gasteiger partial charge in [0.2, 0.25) is 0 Å². The maximum atomic E-state index is 12.7. The molecule has 1 aliphatic carbocycles. The van der Waals surface area contributed by atoms with Crippen molar-refractivity contribution >= 4 is 28.2 Å². The van der Waals surface area contributed by atoms with Crippen molar-refractivity contribution in [2.45, 2.75) is 44.4 Å². The predicted octanol–water partition coefficient (Wildman–Crippen LogP) is 4.55. The van der Waals surface area contributed by atoms with Crippen LogP contribution < -0.4 is 4.74 Å². The van der Waals surface area contributed by atoms with Crippen LogP contribution in [0.3, 0.4) is 0 Å². The van der Waals surface area contributed by atoms with Crippen LogP contribution in [0.5, 0.6) is 5.75 Å². The van der Waals surface area contributed by atoms with Crippen LogP contribution in [0.1, 0.15) is 47.9 Å². The van der Waals surface area contributed by atoms with Crippen LogP contribution in [0.25, 0.3) is 11.0 Å². The number of rotatable bonds is 4. The minimum absolute atomic E-state index is 0.0515. The smallest absolute Gasteiger partial charge is 0.260 e. The van der Waals surface area contributed by atoms with Gasteiger partial charge in [-0.25, -0.2) is 4.98 Å². The molecule has 5 rings (SSSR count). The van der Waals surface area contributed by atoms with E-state index in [1.807, 2.05) is 34.7 Å². The Kier molecular flexibility index (Phi) is 4.81. The Balaban J connectivity index is 1.25. The van der Waals surface area contributed by atoms with Gasteiger partial charge in [0.1, 0.15) is 17.1 Å². The Labute approximate surface area is 168 Å². The van der Waals surface area contributed by atoms with E-state index in [4.69, 9.17) is 9.15 Å². The van der Waals surface area contributed by atoms with Crippen LogP contribution in [0, 0.1) is 0 Å². The number of carbonyl (C=O) groups excluding carboxylic acids is 1. The molecule has 1 unspecified atom stereocenters. The lowest BCUT2D eigenvalue weighted by atomic mass is 9.96. The summed E-state index contributed by atoms with van der Waals surface area (Å²) in [5, 5.41) is 4.28. The summed E-state index contributed by atoms with van der Waals surface area (Å²) in [6, 6.07) is 5.90. The fourth-order valence-electron chi connectivity index (χ4n) is 4.41. The van der Waals surface area contributed by atoms with Gasteiger partial charge in [0.05, 0.1) is 5.01 Å². The topological polar surface area (TPSA) is 55.6 Å². The number of thiazole rings is 1. The zero-order chi connectivity index (χ0) is 18.9. The Morgan fingerprint density at radius 2 is 2.21 bits per heavy atom. The SMILES string of the molecule is O=C(COc1ccc2oc3c(c2c1)CCCC3)N1CCCC(c2nccs2)C1. The summed E-state index contributed by atoms with van der Waals surface area (Å²) >= 11 is 1.68. The third-order valence-electron chi connectivity index (χ3n) is 5.86. The van der Waals surface area contributed by atoms with Crippen molar-refractivity contribution in [3.05, 3.63) is 46.1 Å². The summed E-state index contributed by atoms with van der Waals surface area (Å²) in [5.41, 5.74) is 2.24. The molecular formula is C22H24N2O3S. The van der Waals surface area contributed by atoms with E-state index in [0.717, 1.165) is 66.3 Å². The van der Waals surface area contributed by atoms with Gasteiger partial charge in [0.15, 0.2) is 6.61 Å². The number of benzene rings is 1. The molecular weight excluding hydrogens is 372 g/mol. The average molecular weight is 397 g/mol. The van der Waals surface area contributed by atoms with Gasteiger partial charge in [0.25, 0.3) is 5.91 Å². The number of ether oxygens (including phenoxy) is 1. The van der Waals surface area contributed by atoms with E-state index in [-0.39, 0.29) is 12.5 Å². The standard InChI is InChI=1S/C22H24N2O3S/c25-21(24-10-3-4-15(13-24)22-23-9-11-28-22)14-26-16-7-8-20-18(12-16)17-5-1-2-6-19(17)27-20/h7-9,11-12,15H,1-6,10,13-14H2. The number of carbonyl (C=O) groups is 1. The lowest BCUT2D eigenvalue weighted by Crippen LogP contribution is -2.41. The van der Waals surface area contributed by atoms with Crippen molar-refractivity contribution in [1.82, 2.24) is 9.88 Å². The van der Waals surface area contributed by atoms with Crippen molar-refractivity contribution in [2.24, 2.45) is 0 Å². The molecule has 1 aliphatic heterocycles.